The van der Waals surface area contributed by atoms with Crippen LogP contribution in [0.2, 0.25) is 0 Å². The van der Waals surface area contributed by atoms with Crippen molar-refractivity contribution in [3.63, 3.8) is 0 Å². The Hall–Kier alpha value is -2.32. The number of halogens is 2. The van der Waals surface area contributed by atoms with Crippen molar-refractivity contribution in [3.8, 4) is 11.5 Å². The van der Waals surface area contributed by atoms with Gasteiger partial charge in [-0.15, -0.1) is 0 Å². The average Bonchev–Trinajstić information content (AvgIpc) is 2.63. The molecule has 2 aromatic carbocycles. The Balaban J connectivity index is 2.33. The van der Waals surface area contributed by atoms with Crippen LogP contribution in [0.3, 0.4) is 0 Å². The van der Waals surface area contributed by atoms with E-state index in [4.69, 9.17) is 9.47 Å². The minimum Gasteiger partial charge on any atom is -0.493 e. The van der Waals surface area contributed by atoms with Crippen molar-refractivity contribution in [2.24, 2.45) is 0 Å². The van der Waals surface area contributed by atoms with Gasteiger partial charge in [0.2, 0.25) is 5.91 Å². The number of amides is 1. The van der Waals surface area contributed by atoms with Crippen LogP contribution in [0, 0.1) is 0 Å². The van der Waals surface area contributed by atoms with Gasteiger partial charge in [-0.3, -0.25) is 4.79 Å². The maximum atomic E-state index is 12.4. The fourth-order valence-corrected chi connectivity index (χ4v) is 2.97. The second-order valence-corrected chi connectivity index (χ2v) is 7.21. The zero-order valence-corrected chi connectivity index (χ0v) is 18.0. The number of carbonyl (C=O) groups is 2. The summed E-state index contributed by atoms with van der Waals surface area (Å²) in [5, 5.41) is 12.0. The zero-order valence-electron chi connectivity index (χ0n) is 14.8. The number of ether oxygens (including phenoxy) is 2. The fourth-order valence-electron chi connectivity index (χ4n) is 2.35. The molecule has 27 heavy (non-hydrogen) atoms. The van der Waals surface area contributed by atoms with E-state index in [2.05, 4.69) is 37.2 Å². The van der Waals surface area contributed by atoms with E-state index in [1.165, 1.54) is 32.4 Å². The molecule has 0 aliphatic heterocycles. The number of hydrogen-bond donors (Lipinski definition) is 2. The minimum atomic E-state index is -1.19. The standard InChI is InChI=1S/C19H17Br2NO5/c1-10(11-4-5-13(20)14(21)7-11)6-18(23)22-15-9-17(27-3)16(26-2)8-12(15)19(24)25/h4-9H,1-3H3,(H,22,23)(H,24,25). The first-order valence-electron chi connectivity index (χ1n) is 7.70. The van der Waals surface area contributed by atoms with Crippen LogP contribution in [0.1, 0.15) is 22.8 Å². The van der Waals surface area contributed by atoms with Crippen LogP contribution >= 0.6 is 31.9 Å². The number of allylic oxidation sites excluding steroid dienone is 1. The molecule has 0 aliphatic rings. The van der Waals surface area contributed by atoms with Crippen LogP contribution < -0.4 is 14.8 Å². The van der Waals surface area contributed by atoms with E-state index in [1.54, 1.807) is 6.92 Å². The van der Waals surface area contributed by atoms with Gasteiger partial charge in [0.15, 0.2) is 11.5 Å². The Labute approximate surface area is 173 Å². The number of carboxylic acids is 1. The fraction of sp³-hybridized carbons (Fsp3) is 0.158. The maximum absolute atomic E-state index is 12.4. The second-order valence-electron chi connectivity index (χ2n) is 5.50. The van der Waals surface area contributed by atoms with E-state index in [9.17, 15) is 14.7 Å². The van der Waals surface area contributed by atoms with Gasteiger partial charge in [-0.25, -0.2) is 4.79 Å². The minimum absolute atomic E-state index is 0.0987. The van der Waals surface area contributed by atoms with E-state index in [0.29, 0.717) is 5.75 Å². The van der Waals surface area contributed by atoms with Crippen molar-refractivity contribution in [1.82, 2.24) is 0 Å². The molecule has 2 aromatic rings. The third-order valence-corrected chi connectivity index (χ3v) is 5.61. The lowest BCUT2D eigenvalue weighted by Gasteiger charge is -2.13. The predicted molar refractivity (Wildman–Crippen MR) is 111 cm³/mol. The van der Waals surface area contributed by atoms with E-state index >= 15 is 0 Å². The monoisotopic (exact) mass is 497 g/mol. The SMILES string of the molecule is COc1cc(NC(=O)C=C(C)c2ccc(Br)c(Br)c2)c(C(=O)O)cc1OC. The van der Waals surface area contributed by atoms with Gasteiger partial charge >= 0.3 is 5.97 Å². The topological polar surface area (TPSA) is 84.9 Å². The average molecular weight is 499 g/mol. The van der Waals surface area contributed by atoms with Gasteiger partial charge in [0.05, 0.1) is 25.5 Å². The van der Waals surface area contributed by atoms with E-state index in [1.807, 2.05) is 18.2 Å². The molecule has 6 nitrogen and oxygen atoms in total. The highest BCUT2D eigenvalue weighted by molar-refractivity contribution is 9.13. The Morgan fingerprint density at radius 3 is 2.22 bits per heavy atom. The van der Waals surface area contributed by atoms with Gasteiger partial charge in [-0.2, -0.15) is 0 Å². The summed E-state index contributed by atoms with van der Waals surface area (Å²) in [7, 11) is 2.84. The molecule has 0 aromatic heterocycles. The molecule has 0 heterocycles. The molecule has 0 radical (unpaired) electrons. The van der Waals surface area contributed by atoms with Crippen molar-refractivity contribution in [3.05, 3.63) is 56.5 Å². The van der Waals surface area contributed by atoms with Gasteiger partial charge in [-0.05, 0) is 62.1 Å². The first kappa shape index (κ1) is 21.0. The van der Waals surface area contributed by atoms with E-state index < -0.39 is 11.9 Å². The van der Waals surface area contributed by atoms with Crippen LogP contribution in [-0.4, -0.2) is 31.2 Å². The maximum Gasteiger partial charge on any atom is 0.337 e. The lowest BCUT2D eigenvalue weighted by molar-refractivity contribution is -0.111. The van der Waals surface area contributed by atoms with Crippen LogP contribution in [0.25, 0.3) is 5.57 Å². The first-order chi connectivity index (χ1) is 12.8. The second kappa shape index (κ2) is 9.05. The van der Waals surface area contributed by atoms with E-state index in [-0.39, 0.29) is 17.0 Å². The molecular weight excluding hydrogens is 482 g/mol. The van der Waals surface area contributed by atoms with E-state index in [0.717, 1.165) is 20.1 Å². The Morgan fingerprint density at radius 1 is 1.04 bits per heavy atom. The molecule has 2 N–H and O–H groups in total. The summed E-state index contributed by atoms with van der Waals surface area (Å²) in [6.45, 7) is 1.79. The van der Waals surface area contributed by atoms with Gasteiger partial charge in [0, 0.05) is 27.2 Å². The van der Waals surface area contributed by atoms with Gasteiger partial charge in [0.1, 0.15) is 0 Å². The van der Waals surface area contributed by atoms with Crippen LogP contribution in [-0.2, 0) is 4.79 Å². The summed E-state index contributed by atoms with van der Waals surface area (Å²) in [4.78, 5) is 23.9. The molecule has 8 heteroatoms. The first-order valence-corrected chi connectivity index (χ1v) is 9.29. The molecule has 0 unspecified atom stereocenters. The molecule has 0 aliphatic carbocycles. The summed E-state index contributed by atoms with van der Waals surface area (Å²) in [6, 6.07) is 8.33. The Morgan fingerprint density at radius 2 is 1.67 bits per heavy atom. The summed E-state index contributed by atoms with van der Waals surface area (Å²) in [5.74, 6) is -1.07. The summed E-state index contributed by atoms with van der Waals surface area (Å²) in [6.07, 6.45) is 1.40. The number of aromatic carboxylic acids is 1. The normalized spacial score (nSPS) is 11.1. The van der Waals surface area contributed by atoms with Crippen molar-refractivity contribution in [2.75, 3.05) is 19.5 Å². The predicted octanol–water partition coefficient (Wildman–Crippen LogP) is 4.97. The molecule has 142 valence electrons. The van der Waals surface area contributed by atoms with Crippen LogP contribution in [0.5, 0.6) is 11.5 Å². The highest BCUT2D eigenvalue weighted by atomic mass is 79.9. The van der Waals surface area contributed by atoms with Gasteiger partial charge in [-0.1, -0.05) is 6.07 Å². The molecule has 0 atom stereocenters. The molecule has 2 rings (SSSR count). The zero-order chi connectivity index (χ0) is 20.1. The summed E-state index contributed by atoms with van der Waals surface area (Å²) < 4.78 is 12.0. The molecule has 0 saturated carbocycles. The summed E-state index contributed by atoms with van der Waals surface area (Å²) >= 11 is 6.82. The molecule has 0 saturated heterocycles. The highest BCUT2D eigenvalue weighted by Crippen LogP contribution is 2.33. The number of anilines is 1. The molecule has 0 bridgehead atoms. The van der Waals surface area contributed by atoms with Crippen molar-refractivity contribution in [1.29, 1.82) is 0 Å². The third-order valence-electron chi connectivity index (χ3n) is 3.73. The van der Waals surface area contributed by atoms with Crippen molar-refractivity contribution in [2.45, 2.75) is 6.92 Å². The number of nitrogens with one attached hydrogen (secondary N) is 1. The lowest BCUT2D eigenvalue weighted by atomic mass is 10.1. The lowest BCUT2D eigenvalue weighted by Crippen LogP contribution is -2.13. The summed E-state index contributed by atoms with van der Waals surface area (Å²) in [5.41, 5.74) is 1.59. The van der Waals surface area contributed by atoms with Crippen molar-refractivity contribution >= 4 is 55.0 Å². The largest absolute Gasteiger partial charge is 0.493 e. The number of rotatable bonds is 6. The number of carboxylic acid groups (broad SMARTS) is 1. The smallest absolute Gasteiger partial charge is 0.337 e. The Bertz CT molecular complexity index is 925. The number of benzene rings is 2. The molecule has 0 fully saturated rings. The van der Waals surface area contributed by atoms with Crippen LogP contribution in [0.15, 0.2) is 45.4 Å². The molecule has 0 spiro atoms. The van der Waals surface area contributed by atoms with Gasteiger partial charge in [0.25, 0.3) is 0 Å². The van der Waals surface area contributed by atoms with Crippen molar-refractivity contribution < 1.29 is 24.2 Å². The van der Waals surface area contributed by atoms with Crippen LogP contribution in [0.4, 0.5) is 5.69 Å². The quantitative estimate of drug-likeness (QED) is 0.549. The highest BCUT2D eigenvalue weighted by Gasteiger charge is 2.17. The Kier molecular flexibility index (Phi) is 7.04. The molecule has 1 amide bonds. The number of methoxy groups -OCH3 is 2. The number of carbonyl (C=O) groups excluding carboxylic acids is 1. The third kappa shape index (κ3) is 5.11. The molecular formula is C19H17Br2NO5. The number of hydrogen-bond acceptors (Lipinski definition) is 4. The van der Waals surface area contributed by atoms with Gasteiger partial charge < -0.3 is 19.9 Å².